The molecular weight excluding hydrogens is 210 g/mol. The van der Waals surface area contributed by atoms with E-state index in [9.17, 15) is 0 Å². The van der Waals surface area contributed by atoms with Crippen LogP contribution in [0.2, 0.25) is 0 Å². The van der Waals surface area contributed by atoms with Crippen LogP contribution in [0.4, 0.5) is 0 Å². The normalized spacial score (nSPS) is 12.0. The van der Waals surface area contributed by atoms with Crippen molar-refractivity contribution in [2.45, 2.75) is 25.9 Å². The van der Waals surface area contributed by atoms with Crippen LogP contribution in [-0.4, -0.2) is 25.8 Å². The van der Waals surface area contributed by atoms with Gasteiger partial charge < -0.3 is 10.1 Å². The van der Waals surface area contributed by atoms with Gasteiger partial charge in [0.1, 0.15) is 0 Å². The largest absolute Gasteiger partial charge is 0.377 e. The maximum absolute atomic E-state index is 5.68. The molecule has 0 aliphatic carbocycles. The summed E-state index contributed by atoms with van der Waals surface area (Å²) in [5.74, 6) is 2.55. The SMILES string of the molecule is C#CCNCC(C)OCCCc1ccccc1. The molecule has 0 saturated carbocycles. The van der Waals surface area contributed by atoms with Gasteiger partial charge in [0.15, 0.2) is 0 Å². The summed E-state index contributed by atoms with van der Waals surface area (Å²) in [6, 6.07) is 10.5. The average Bonchev–Trinajstić information content (AvgIpc) is 2.36. The van der Waals surface area contributed by atoms with Crippen molar-refractivity contribution >= 4 is 0 Å². The first-order chi connectivity index (χ1) is 8.33. The van der Waals surface area contributed by atoms with Crippen molar-refractivity contribution in [1.29, 1.82) is 0 Å². The number of benzene rings is 1. The summed E-state index contributed by atoms with van der Waals surface area (Å²) in [7, 11) is 0. The van der Waals surface area contributed by atoms with Crippen LogP contribution < -0.4 is 5.32 Å². The first-order valence-corrected chi connectivity index (χ1v) is 6.12. The van der Waals surface area contributed by atoms with E-state index in [1.807, 2.05) is 6.07 Å². The Morgan fingerprint density at radius 1 is 1.35 bits per heavy atom. The lowest BCUT2D eigenvalue weighted by Crippen LogP contribution is -2.27. The van der Waals surface area contributed by atoms with Gasteiger partial charge in [-0.1, -0.05) is 36.3 Å². The van der Waals surface area contributed by atoms with E-state index in [0.29, 0.717) is 6.54 Å². The molecule has 1 N–H and O–H groups in total. The minimum absolute atomic E-state index is 0.221. The van der Waals surface area contributed by atoms with Crippen LogP contribution in [0.3, 0.4) is 0 Å². The molecular formula is C15H21NO. The van der Waals surface area contributed by atoms with Gasteiger partial charge in [0.05, 0.1) is 12.6 Å². The van der Waals surface area contributed by atoms with Crippen molar-refractivity contribution in [2.75, 3.05) is 19.7 Å². The van der Waals surface area contributed by atoms with Gasteiger partial charge in [0, 0.05) is 13.2 Å². The highest BCUT2D eigenvalue weighted by Gasteiger charge is 2.00. The second-order valence-corrected chi connectivity index (χ2v) is 4.11. The highest BCUT2D eigenvalue weighted by molar-refractivity contribution is 5.14. The molecule has 0 amide bonds. The number of nitrogens with one attached hydrogen (secondary N) is 1. The van der Waals surface area contributed by atoms with Crippen molar-refractivity contribution in [3.05, 3.63) is 35.9 Å². The third-order valence-corrected chi connectivity index (χ3v) is 2.51. The fourth-order valence-electron chi connectivity index (χ4n) is 1.61. The predicted octanol–water partition coefficient (Wildman–Crippen LogP) is 2.25. The van der Waals surface area contributed by atoms with Crippen molar-refractivity contribution in [1.82, 2.24) is 5.32 Å². The number of rotatable bonds is 8. The topological polar surface area (TPSA) is 21.3 Å². The monoisotopic (exact) mass is 231 g/mol. The molecule has 0 aliphatic rings. The fraction of sp³-hybridized carbons (Fsp3) is 0.467. The van der Waals surface area contributed by atoms with Gasteiger partial charge in [-0.15, -0.1) is 6.42 Å². The minimum Gasteiger partial charge on any atom is -0.377 e. The first kappa shape index (κ1) is 13.8. The first-order valence-electron chi connectivity index (χ1n) is 6.12. The summed E-state index contributed by atoms with van der Waals surface area (Å²) < 4.78 is 5.68. The molecule has 1 atom stereocenters. The maximum Gasteiger partial charge on any atom is 0.0671 e. The zero-order valence-corrected chi connectivity index (χ0v) is 10.5. The Balaban J connectivity index is 2.02. The summed E-state index contributed by atoms with van der Waals surface area (Å²) in [6.45, 7) is 4.28. The van der Waals surface area contributed by atoms with Crippen LogP contribution >= 0.6 is 0 Å². The van der Waals surface area contributed by atoms with E-state index in [2.05, 4.69) is 42.4 Å². The van der Waals surface area contributed by atoms with Gasteiger partial charge in [0.2, 0.25) is 0 Å². The third-order valence-electron chi connectivity index (χ3n) is 2.51. The summed E-state index contributed by atoms with van der Waals surface area (Å²) >= 11 is 0. The molecule has 17 heavy (non-hydrogen) atoms. The highest BCUT2D eigenvalue weighted by Crippen LogP contribution is 2.03. The Morgan fingerprint density at radius 2 is 2.12 bits per heavy atom. The number of hydrogen-bond acceptors (Lipinski definition) is 2. The van der Waals surface area contributed by atoms with E-state index in [0.717, 1.165) is 26.0 Å². The van der Waals surface area contributed by atoms with Gasteiger partial charge in [-0.3, -0.25) is 0 Å². The lowest BCUT2D eigenvalue weighted by molar-refractivity contribution is 0.0651. The quantitative estimate of drug-likeness (QED) is 0.547. The number of ether oxygens (including phenoxy) is 1. The molecule has 0 spiro atoms. The molecule has 0 aliphatic heterocycles. The van der Waals surface area contributed by atoms with Gasteiger partial charge in [-0.05, 0) is 25.3 Å². The lowest BCUT2D eigenvalue weighted by Gasteiger charge is -2.12. The van der Waals surface area contributed by atoms with Crippen LogP contribution in [0.15, 0.2) is 30.3 Å². The molecule has 0 heterocycles. The van der Waals surface area contributed by atoms with Crippen LogP contribution in [0.25, 0.3) is 0 Å². The van der Waals surface area contributed by atoms with E-state index in [1.165, 1.54) is 5.56 Å². The molecule has 1 unspecified atom stereocenters. The second-order valence-electron chi connectivity index (χ2n) is 4.11. The van der Waals surface area contributed by atoms with E-state index in [4.69, 9.17) is 11.2 Å². The molecule has 0 aromatic heterocycles. The Hall–Kier alpha value is -1.30. The maximum atomic E-state index is 5.68. The number of hydrogen-bond donors (Lipinski definition) is 1. The molecule has 92 valence electrons. The Morgan fingerprint density at radius 3 is 2.82 bits per heavy atom. The zero-order chi connectivity index (χ0) is 12.3. The van der Waals surface area contributed by atoms with Gasteiger partial charge in [0.25, 0.3) is 0 Å². The van der Waals surface area contributed by atoms with Crippen molar-refractivity contribution in [2.24, 2.45) is 0 Å². The Labute approximate surface area is 104 Å². The molecule has 0 radical (unpaired) electrons. The fourth-order valence-corrected chi connectivity index (χ4v) is 1.61. The van der Waals surface area contributed by atoms with Crippen LogP contribution in [-0.2, 0) is 11.2 Å². The van der Waals surface area contributed by atoms with Crippen LogP contribution in [0.1, 0.15) is 18.9 Å². The van der Waals surface area contributed by atoms with Gasteiger partial charge in [-0.25, -0.2) is 0 Å². The van der Waals surface area contributed by atoms with Crippen LogP contribution in [0, 0.1) is 12.3 Å². The number of aryl methyl sites for hydroxylation is 1. The van der Waals surface area contributed by atoms with Gasteiger partial charge >= 0.3 is 0 Å². The highest BCUT2D eigenvalue weighted by atomic mass is 16.5. The Bertz CT molecular complexity index is 329. The summed E-state index contributed by atoms with van der Waals surface area (Å²) in [5.41, 5.74) is 1.37. The van der Waals surface area contributed by atoms with E-state index in [1.54, 1.807) is 0 Å². The zero-order valence-electron chi connectivity index (χ0n) is 10.5. The molecule has 2 nitrogen and oxygen atoms in total. The van der Waals surface area contributed by atoms with Crippen molar-refractivity contribution < 1.29 is 4.74 Å². The second kappa shape index (κ2) is 8.81. The van der Waals surface area contributed by atoms with E-state index >= 15 is 0 Å². The third kappa shape index (κ3) is 6.78. The summed E-state index contributed by atoms with van der Waals surface area (Å²) in [4.78, 5) is 0. The average molecular weight is 231 g/mol. The van der Waals surface area contributed by atoms with E-state index < -0.39 is 0 Å². The van der Waals surface area contributed by atoms with Crippen LogP contribution in [0.5, 0.6) is 0 Å². The standard InChI is InChI=1S/C15H21NO/c1-3-11-16-13-14(2)17-12-7-10-15-8-5-4-6-9-15/h1,4-6,8-9,14,16H,7,10-13H2,2H3. The van der Waals surface area contributed by atoms with Crippen molar-refractivity contribution in [3.8, 4) is 12.3 Å². The molecule has 0 bridgehead atoms. The summed E-state index contributed by atoms with van der Waals surface area (Å²) in [6.07, 6.45) is 7.50. The lowest BCUT2D eigenvalue weighted by atomic mass is 10.1. The molecule has 0 fully saturated rings. The molecule has 1 aromatic rings. The molecule has 0 saturated heterocycles. The molecule has 1 rings (SSSR count). The van der Waals surface area contributed by atoms with E-state index in [-0.39, 0.29) is 6.10 Å². The predicted molar refractivity (Wildman–Crippen MR) is 71.9 cm³/mol. The number of terminal acetylenes is 1. The smallest absolute Gasteiger partial charge is 0.0671 e. The molecule has 2 heteroatoms. The van der Waals surface area contributed by atoms with Gasteiger partial charge in [-0.2, -0.15) is 0 Å². The Kier molecular flexibility index (Phi) is 7.13. The molecule has 1 aromatic carbocycles. The minimum atomic E-state index is 0.221. The summed E-state index contributed by atoms with van der Waals surface area (Å²) in [5, 5.41) is 3.13. The van der Waals surface area contributed by atoms with Crippen molar-refractivity contribution in [3.63, 3.8) is 0 Å².